The van der Waals surface area contributed by atoms with Gasteiger partial charge < -0.3 is 19.8 Å². The van der Waals surface area contributed by atoms with Crippen molar-refractivity contribution in [2.75, 3.05) is 20.6 Å². The van der Waals surface area contributed by atoms with Gasteiger partial charge in [-0.3, -0.25) is 9.59 Å². The molecule has 0 radical (unpaired) electrons. The zero-order valence-corrected chi connectivity index (χ0v) is 12.5. The zero-order valence-electron chi connectivity index (χ0n) is 12.5. The highest BCUT2D eigenvalue weighted by atomic mass is 16.2. The number of nitrogens with zero attached hydrogens (tertiary/aromatic N) is 2. The summed E-state index contributed by atoms with van der Waals surface area (Å²) in [6, 6.07) is 4.70. The summed E-state index contributed by atoms with van der Waals surface area (Å²) in [5, 5.41) is 0. The Morgan fingerprint density at radius 3 is 2.77 bits per heavy atom. The van der Waals surface area contributed by atoms with Crippen molar-refractivity contribution in [3.8, 4) is 0 Å². The van der Waals surface area contributed by atoms with Gasteiger partial charge in [-0.05, 0) is 25.0 Å². The molecule has 2 amide bonds. The molecule has 1 aliphatic rings. The van der Waals surface area contributed by atoms with Gasteiger partial charge in [-0.2, -0.15) is 0 Å². The van der Waals surface area contributed by atoms with Crippen molar-refractivity contribution < 1.29 is 9.59 Å². The maximum Gasteiger partial charge on any atom is 0.323 e. The molecule has 1 unspecified atom stereocenters. The van der Waals surface area contributed by atoms with E-state index in [4.69, 9.17) is 0 Å². The summed E-state index contributed by atoms with van der Waals surface area (Å²) in [5.41, 5.74) is 1.14. The van der Waals surface area contributed by atoms with E-state index in [1.807, 2.05) is 0 Å². The highest BCUT2D eigenvalue weighted by Crippen LogP contribution is 2.23. The highest BCUT2D eigenvalue weighted by Gasteiger charge is 2.35. The van der Waals surface area contributed by atoms with Crippen LogP contribution in [0.1, 0.15) is 23.2 Å². The maximum atomic E-state index is 12.8. The van der Waals surface area contributed by atoms with Crippen LogP contribution in [0.3, 0.4) is 0 Å². The van der Waals surface area contributed by atoms with Gasteiger partial charge in [0.1, 0.15) is 6.04 Å². The summed E-state index contributed by atoms with van der Waals surface area (Å²) in [5.74, 6) is -0.292. The van der Waals surface area contributed by atoms with Gasteiger partial charge >= 0.3 is 5.69 Å². The Morgan fingerprint density at radius 2 is 2.05 bits per heavy atom. The van der Waals surface area contributed by atoms with Crippen molar-refractivity contribution in [3.05, 3.63) is 34.2 Å². The standard InChI is InChI=1S/C15H18N4O3/c1-18(2)14(21)11-7-4-8-19(11)13(20)9-5-3-6-10-12(9)17-15(22)16-10/h3,5-6,11H,4,7-8H2,1-2H3,(H2,16,17,22). The van der Waals surface area contributed by atoms with E-state index in [1.54, 1.807) is 37.2 Å². The number of H-pyrrole nitrogens is 2. The Labute approximate surface area is 126 Å². The molecule has 0 saturated carbocycles. The van der Waals surface area contributed by atoms with E-state index in [0.29, 0.717) is 29.6 Å². The third kappa shape index (κ3) is 2.28. The first-order chi connectivity index (χ1) is 10.5. The van der Waals surface area contributed by atoms with Crippen LogP contribution in [0.5, 0.6) is 0 Å². The predicted molar refractivity (Wildman–Crippen MR) is 81.7 cm³/mol. The van der Waals surface area contributed by atoms with E-state index in [1.165, 1.54) is 4.90 Å². The lowest BCUT2D eigenvalue weighted by molar-refractivity contribution is -0.132. The van der Waals surface area contributed by atoms with Crippen molar-refractivity contribution in [1.29, 1.82) is 0 Å². The van der Waals surface area contributed by atoms with Crippen LogP contribution in [0.2, 0.25) is 0 Å². The monoisotopic (exact) mass is 302 g/mol. The van der Waals surface area contributed by atoms with Gasteiger partial charge in [0.25, 0.3) is 5.91 Å². The lowest BCUT2D eigenvalue weighted by atomic mass is 10.1. The Bertz CT molecular complexity index is 789. The van der Waals surface area contributed by atoms with Crippen molar-refractivity contribution in [1.82, 2.24) is 19.8 Å². The SMILES string of the molecule is CN(C)C(=O)C1CCCN1C(=O)c1cccc2[nH]c(=O)[nH]c12. The van der Waals surface area contributed by atoms with Gasteiger partial charge in [0, 0.05) is 20.6 Å². The molecule has 1 fully saturated rings. The molecule has 116 valence electrons. The number of nitrogens with one attached hydrogen (secondary N) is 2. The van der Waals surface area contributed by atoms with Crippen molar-refractivity contribution in [2.24, 2.45) is 0 Å². The maximum absolute atomic E-state index is 12.8. The van der Waals surface area contributed by atoms with Gasteiger partial charge in [-0.1, -0.05) is 6.07 Å². The van der Waals surface area contributed by atoms with Crippen molar-refractivity contribution in [2.45, 2.75) is 18.9 Å². The summed E-state index contributed by atoms with van der Waals surface area (Å²) in [4.78, 5) is 44.9. The Hall–Kier alpha value is -2.57. The average Bonchev–Trinajstić information content (AvgIpc) is 3.10. The number of fused-ring (bicyclic) bond motifs is 1. The van der Waals surface area contributed by atoms with E-state index in [-0.39, 0.29) is 17.5 Å². The van der Waals surface area contributed by atoms with Crippen LogP contribution >= 0.6 is 0 Å². The largest absolute Gasteiger partial charge is 0.347 e. The van der Waals surface area contributed by atoms with Crippen LogP contribution in [0.4, 0.5) is 0 Å². The Balaban J connectivity index is 1.98. The van der Waals surface area contributed by atoms with Crippen LogP contribution in [0.15, 0.2) is 23.0 Å². The molecule has 0 spiro atoms. The molecule has 1 aromatic heterocycles. The minimum absolute atomic E-state index is 0.0689. The van der Waals surface area contributed by atoms with Crippen LogP contribution < -0.4 is 5.69 Å². The van der Waals surface area contributed by atoms with Crippen LogP contribution in [0.25, 0.3) is 11.0 Å². The molecule has 2 aromatic rings. The first-order valence-corrected chi connectivity index (χ1v) is 7.22. The van der Waals surface area contributed by atoms with Crippen LogP contribution in [-0.2, 0) is 4.79 Å². The number of likely N-dealkylation sites (N-methyl/N-ethyl adjacent to an activating group) is 1. The summed E-state index contributed by atoms with van der Waals surface area (Å²) < 4.78 is 0. The summed E-state index contributed by atoms with van der Waals surface area (Å²) in [7, 11) is 3.38. The summed E-state index contributed by atoms with van der Waals surface area (Å²) >= 11 is 0. The van der Waals surface area contributed by atoms with Gasteiger partial charge in [-0.25, -0.2) is 4.79 Å². The Kier molecular flexibility index (Phi) is 3.48. The number of para-hydroxylation sites is 1. The molecular weight excluding hydrogens is 284 g/mol. The lowest BCUT2D eigenvalue weighted by Crippen LogP contribution is -2.45. The molecule has 3 rings (SSSR count). The van der Waals surface area contributed by atoms with Crippen molar-refractivity contribution >= 4 is 22.8 Å². The molecule has 7 heteroatoms. The van der Waals surface area contributed by atoms with Crippen LogP contribution in [-0.4, -0.2) is 58.3 Å². The third-order valence-electron chi connectivity index (χ3n) is 4.02. The molecule has 2 N–H and O–H groups in total. The number of rotatable bonds is 2. The van der Waals surface area contributed by atoms with Crippen molar-refractivity contribution in [3.63, 3.8) is 0 Å². The fourth-order valence-corrected chi connectivity index (χ4v) is 2.96. The van der Waals surface area contributed by atoms with E-state index < -0.39 is 6.04 Å². The van der Waals surface area contributed by atoms with E-state index in [2.05, 4.69) is 9.97 Å². The average molecular weight is 302 g/mol. The number of amides is 2. The van der Waals surface area contributed by atoms with Gasteiger partial charge in [-0.15, -0.1) is 0 Å². The number of likely N-dealkylation sites (tertiary alicyclic amines) is 1. The number of carbonyl (C=O) groups is 2. The molecule has 2 heterocycles. The molecular formula is C15H18N4O3. The normalized spacial score (nSPS) is 17.9. The predicted octanol–water partition coefficient (Wildman–Crippen LogP) is 0.549. The number of aromatic nitrogens is 2. The highest BCUT2D eigenvalue weighted by molar-refractivity contribution is 6.06. The minimum Gasteiger partial charge on any atom is -0.347 e. The quantitative estimate of drug-likeness (QED) is 0.849. The second-order valence-corrected chi connectivity index (χ2v) is 5.70. The second kappa shape index (κ2) is 5.32. The summed E-state index contributed by atoms with van der Waals surface area (Å²) in [6.45, 7) is 0.550. The number of hydrogen-bond acceptors (Lipinski definition) is 3. The van der Waals surface area contributed by atoms with E-state index in [9.17, 15) is 14.4 Å². The molecule has 7 nitrogen and oxygen atoms in total. The number of hydrogen-bond donors (Lipinski definition) is 2. The van der Waals surface area contributed by atoms with E-state index >= 15 is 0 Å². The molecule has 1 aromatic carbocycles. The van der Waals surface area contributed by atoms with Gasteiger partial charge in [0.2, 0.25) is 5.91 Å². The molecule has 0 bridgehead atoms. The zero-order chi connectivity index (χ0) is 15.9. The number of benzene rings is 1. The molecule has 1 saturated heterocycles. The van der Waals surface area contributed by atoms with Gasteiger partial charge in [0.15, 0.2) is 0 Å². The van der Waals surface area contributed by atoms with Crippen LogP contribution in [0, 0.1) is 0 Å². The lowest BCUT2D eigenvalue weighted by Gasteiger charge is -2.26. The summed E-state index contributed by atoms with van der Waals surface area (Å²) in [6.07, 6.45) is 1.47. The van der Waals surface area contributed by atoms with Gasteiger partial charge in [0.05, 0.1) is 16.6 Å². The smallest absolute Gasteiger partial charge is 0.323 e. The first kappa shape index (κ1) is 14.4. The fraction of sp³-hybridized carbons (Fsp3) is 0.400. The minimum atomic E-state index is -0.427. The molecule has 1 aliphatic heterocycles. The topological polar surface area (TPSA) is 89.3 Å². The fourth-order valence-electron chi connectivity index (χ4n) is 2.96. The first-order valence-electron chi connectivity index (χ1n) is 7.22. The molecule has 1 atom stereocenters. The third-order valence-corrected chi connectivity index (χ3v) is 4.02. The number of aromatic amines is 2. The number of carbonyl (C=O) groups excluding carboxylic acids is 2. The second-order valence-electron chi connectivity index (χ2n) is 5.70. The number of imidazole rings is 1. The van der Waals surface area contributed by atoms with E-state index in [0.717, 1.165) is 6.42 Å². The molecule has 22 heavy (non-hydrogen) atoms. The molecule has 0 aliphatic carbocycles. The Morgan fingerprint density at radius 1 is 1.27 bits per heavy atom.